The Hall–Kier alpha value is -1.55. The van der Waals surface area contributed by atoms with Crippen molar-refractivity contribution in [1.82, 2.24) is 4.90 Å². The first-order chi connectivity index (χ1) is 17.5. The van der Waals surface area contributed by atoms with Gasteiger partial charge in [-0.1, -0.05) is 112 Å². The summed E-state index contributed by atoms with van der Waals surface area (Å²) in [5.41, 5.74) is 6.41. The number of hydrogen-bond acceptors (Lipinski definition) is 3. The molecule has 4 nitrogen and oxygen atoms in total. The minimum absolute atomic E-state index is 0.166. The maximum atomic E-state index is 10.3. The van der Waals surface area contributed by atoms with Crippen LogP contribution in [-0.2, 0) is 11.2 Å². The van der Waals surface area contributed by atoms with Gasteiger partial charge in [0.1, 0.15) is 5.75 Å². The molecule has 2 rings (SSSR count). The largest absolute Gasteiger partial charge is 0.497 e. The molecular weight excluding hydrogens is 444 g/mol. The minimum atomic E-state index is -0.166. The first-order valence-electron chi connectivity index (χ1n) is 15.1. The molecule has 0 saturated carbocycles. The van der Waals surface area contributed by atoms with Crippen LogP contribution in [0.1, 0.15) is 138 Å². The molecule has 1 aliphatic heterocycles. The number of rotatable bonds is 13. The van der Waals surface area contributed by atoms with Crippen LogP contribution in [0.5, 0.6) is 5.75 Å². The number of carbonyl (C=O) groups excluding carboxylic acids is 1. The average molecular weight is 509 g/mol. The highest BCUT2D eigenvalue weighted by Gasteiger charge is 2.10. The number of benzene rings is 1. The van der Waals surface area contributed by atoms with Crippen LogP contribution in [0.3, 0.4) is 0 Å². The first kappa shape index (κ1) is 39.0. The smallest absolute Gasteiger partial charge is 0.217 e. The average Bonchev–Trinajstić information content (AvgIpc) is 3.42. The molecule has 0 unspecified atom stereocenters. The fraction of sp³-hybridized carbons (Fsp3) is 0.781. The SMILES string of the molecule is CC.CCC.CCCC.CCCCCCCCC(N)=O.COc1ccc(CCCN2CCCC2)cc1. The second-order valence-electron chi connectivity index (χ2n) is 9.19. The Morgan fingerprint density at radius 2 is 1.31 bits per heavy atom. The highest BCUT2D eigenvalue weighted by molar-refractivity contribution is 5.73. The topological polar surface area (TPSA) is 55.6 Å². The van der Waals surface area contributed by atoms with E-state index >= 15 is 0 Å². The fourth-order valence-corrected chi connectivity index (χ4v) is 3.38. The molecular formula is C32H64N2O2. The van der Waals surface area contributed by atoms with Crippen molar-refractivity contribution in [2.24, 2.45) is 5.73 Å². The van der Waals surface area contributed by atoms with E-state index in [1.165, 1.54) is 95.8 Å². The molecule has 1 saturated heterocycles. The summed E-state index contributed by atoms with van der Waals surface area (Å²) in [5, 5.41) is 0. The number of carbonyl (C=O) groups is 1. The number of nitrogens with two attached hydrogens (primary N) is 1. The zero-order chi connectivity index (χ0) is 27.9. The van der Waals surface area contributed by atoms with Crippen LogP contribution in [0, 0.1) is 0 Å². The zero-order valence-electron chi connectivity index (χ0n) is 25.7. The number of methoxy groups -OCH3 is 1. The maximum absolute atomic E-state index is 10.3. The van der Waals surface area contributed by atoms with Gasteiger partial charge in [0.25, 0.3) is 0 Å². The normalized spacial score (nSPS) is 11.9. The molecule has 0 bridgehead atoms. The molecule has 0 atom stereocenters. The number of aryl methyl sites for hydroxylation is 1. The summed E-state index contributed by atoms with van der Waals surface area (Å²) in [5.74, 6) is 0.781. The first-order valence-corrected chi connectivity index (χ1v) is 15.1. The summed E-state index contributed by atoms with van der Waals surface area (Å²) in [6, 6.07) is 8.43. The Balaban J connectivity index is -0.000000473. The van der Waals surface area contributed by atoms with E-state index in [1.54, 1.807) is 7.11 Å². The van der Waals surface area contributed by atoms with Gasteiger partial charge in [-0.15, -0.1) is 0 Å². The predicted molar refractivity (Wildman–Crippen MR) is 162 cm³/mol. The Labute approximate surface area is 226 Å². The lowest BCUT2D eigenvalue weighted by molar-refractivity contribution is -0.118. The maximum Gasteiger partial charge on any atom is 0.217 e. The van der Waals surface area contributed by atoms with Gasteiger partial charge in [0.05, 0.1) is 7.11 Å². The van der Waals surface area contributed by atoms with Crippen molar-refractivity contribution in [3.8, 4) is 5.75 Å². The van der Waals surface area contributed by atoms with Gasteiger partial charge in [-0.2, -0.15) is 0 Å². The Kier molecular flexibility index (Phi) is 36.2. The number of nitrogens with zero attached hydrogens (tertiary/aromatic N) is 1. The number of likely N-dealkylation sites (tertiary alicyclic amines) is 1. The Morgan fingerprint density at radius 1 is 0.806 bits per heavy atom. The molecule has 0 radical (unpaired) electrons. The number of hydrogen-bond donors (Lipinski definition) is 1. The second kappa shape index (κ2) is 33.4. The third kappa shape index (κ3) is 30.5. The van der Waals surface area contributed by atoms with Gasteiger partial charge < -0.3 is 15.4 Å². The molecule has 214 valence electrons. The molecule has 1 aliphatic rings. The third-order valence-electron chi connectivity index (χ3n) is 5.57. The van der Waals surface area contributed by atoms with Gasteiger partial charge >= 0.3 is 0 Å². The van der Waals surface area contributed by atoms with Crippen LogP contribution in [0.2, 0.25) is 0 Å². The monoisotopic (exact) mass is 508 g/mol. The van der Waals surface area contributed by atoms with Crippen molar-refractivity contribution in [3.63, 3.8) is 0 Å². The van der Waals surface area contributed by atoms with Gasteiger partial charge in [0, 0.05) is 6.42 Å². The molecule has 0 aromatic heterocycles. The molecule has 1 heterocycles. The van der Waals surface area contributed by atoms with Crippen molar-refractivity contribution >= 4 is 5.91 Å². The highest BCUT2D eigenvalue weighted by atomic mass is 16.5. The van der Waals surface area contributed by atoms with E-state index in [2.05, 4.69) is 51.7 Å². The van der Waals surface area contributed by atoms with Crippen LogP contribution >= 0.6 is 0 Å². The quantitative estimate of drug-likeness (QED) is 0.270. The highest BCUT2D eigenvalue weighted by Crippen LogP contribution is 2.14. The van der Waals surface area contributed by atoms with E-state index < -0.39 is 0 Å². The van der Waals surface area contributed by atoms with Crippen molar-refractivity contribution < 1.29 is 9.53 Å². The lowest BCUT2D eigenvalue weighted by Crippen LogP contribution is -2.20. The second-order valence-corrected chi connectivity index (χ2v) is 9.19. The van der Waals surface area contributed by atoms with Gasteiger partial charge in [-0.3, -0.25) is 4.79 Å². The molecule has 2 N–H and O–H groups in total. The van der Waals surface area contributed by atoms with Crippen LogP contribution in [0.15, 0.2) is 24.3 Å². The summed E-state index contributed by atoms with van der Waals surface area (Å²) < 4.78 is 5.15. The van der Waals surface area contributed by atoms with Gasteiger partial charge in [0.15, 0.2) is 0 Å². The van der Waals surface area contributed by atoms with Gasteiger partial charge in [0.2, 0.25) is 5.91 Å². The van der Waals surface area contributed by atoms with E-state index in [9.17, 15) is 4.79 Å². The van der Waals surface area contributed by atoms with E-state index in [0.29, 0.717) is 6.42 Å². The van der Waals surface area contributed by atoms with E-state index in [1.807, 2.05) is 26.0 Å². The molecule has 36 heavy (non-hydrogen) atoms. The summed E-state index contributed by atoms with van der Waals surface area (Å²) in [7, 11) is 1.71. The number of ether oxygens (including phenoxy) is 1. The number of amides is 1. The molecule has 1 fully saturated rings. The van der Waals surface area contributed by atoms with Crippen molar-refractivity contribution in [3.05, 3.63) is 29.8 Å². The molecule has 1 aromatic carbocycles. The van der Waals surface area contributed by atoms with Crippen LogP contribution < -0.4 is 10.5 Å². The van der Waals surface area contributed by atoms with Crippen molar-refractivity contribution in [2.45, 2.75) is 138 Å². The standard InChI is InChI=1S/C14H21NO.C9H19NO.C4H10.C3H8.C2H6/c1-16-14-8-6-13(7-9-14)5-4-12-15-10-2-3-11-15;1-2-3-4-5-6-7-8-9(10)11;1-3-4-2;1-3-2;1-2/h6-9H,2-5,10-12H2,1H3;2-8H2,1H3,(H2,10,11);3-4H2,1-2H3;3H2,1-2H3;1-2H3. The van der Waals surface area contributed by atoms with Crippen LogP contribution in [0.25, 0.3) is 0 Å². The summed E-state index contributed by atoms with van der Waals surface area (Å²) in [6.45, 7) is 18.7. The van der Waals surface area contributed by atoms with E-state index in [0.717, 1.165) is 18.6 Å². The van der Waals surface area contributed by atoms with E-state index in [-0.39, 0.29) is 5.91 Å². The minimum Gasteiger partial charge on any atom is -0.497 e. The summed E-state index contributed by atoms with van der Waals surface area (Å²) in [6.07, 6.45) is 17.0. The molecule has 0 aliphatic carbocycles. The molecule has 1 amide bonds. The van der Waals surface area contributed by atoms with Crippen LogP contribution in [0.4, 0.5) is 0 Å². The Bertz CT molecular complexity index is 523. The number of primary amides is 1. The number of unbranched alkanes of at least 4 members (excludes halogenated alkanes) is 6. The third-order valence-corrected chi connectivity index (χ3v) is 5.57. The molecule has 0 spiro atoms. The van der Waals surface area contributed by atoms with Gasteiger partial charge in [-0.25, -0.2) is 0 Å². The van der Waals surface area contributed by atoms with Crippen molar-refractivity contribution in [2.75, 3.05) is 26.7 Å². The predicted octanol–water partition coefficient (Wildman–Crippen LogP) is 9.19. The lowest BCUT2D eigenvalue weighted by Gasteiger charge is -2.13. The molecule has 4 heteroatoms. The molecule has 1 aromatic rings. The van der Waals surface area contributed by atoms with Crippen LogP contribution in [-0.4, -0.2) is 37.6 Å². The summed E-state index contributed by atoms with van der Waals surface area (Å²) in [4.78, 5) is 12.9. The lowest BCUT2D eigenvalue weighted by atomic mass is 10.1. The van der Waals surface area contributed by atoms with Crippen molar-refractivity contribution in [1.29, 1.82) is 0 Å². The fourth-order valence-electron chi connectivity index (χ4n) is 3.38. The Morgan fingerprint density at radius 3 is 1.75 bits per heavy atom. The zero-order valence-corrected chi connectivity index (χ0v) is 25.7. The summed E-state index contributed by atoms with van der Waals surface area (Å²) >= 11 is 0. The van der Waals surface area contributed by atoms with E-state index in [4.69, 9.17) is 10.5 Å². The van der Waals surface area contributed by atoms with Gasteiger partial charge in [-0.05, 0) is 69.4 Å².